The Morgan fingerprint density at radius 1 is 1.03 bits per heavy atom. The lowest BCUT2D eigenvalue weighted by atomic mass is 10.0. The van der Waals surface area contributed by atoms with Crippen LogP contribution in [0.3, 0.4) is 0 Å². The largest absolute Gasteiger partial charge is 0.378 e. The second-order valence-electron chi connectivity index (χ2n) is 6.70. The van der Waals surface area contributed by atoms with Crippen LogP contribution in [0, 0.1) is 0 Å². The van der Waals surface area contributed by atoms with Gasteiger partial charge in [0.25, 0.3) is 5.91 Å². The number of morpholine rings is 1. The van der Waals surface area contributed by atoms with Crippen molar-refractivity contribution < 1.29 is 9.53 Å². The van der Waals surface area contributed by atoms with E-state index in [2.05, 4.69) is 15.5 Å². The van der Waals surface area contributed by atoms with E-state index < -0.39 is 0 Å². The molecule has 2 N–H and O–H groups in total. The van der Waals surface area contributed by atoms with E-state index in [-0.39, 0.29) is 11.0 Å². The Morgan fingerprint density at radius 3 is 2.62 bits per heavy atom. The van der Waals surface area contributed by atoms with Crippen LogP contribution in [-0.2, 0) is 4.74 Å². The molecule has 1 fully saturated rings. The third kappa shape index (κ3) is 4.50. The number of thiocarbonyl (C=S) groups is 1. The molecule has 0 saturated carbocycles. The normalized spacial score (nSPS) is 13.9. The molecule has 0 bridgehead atoms. The molecule has 0 unspecified atom stereocenters. The van der Waals surface area contributed by atoms with Crippen LogP contribution in [0.15, 0.2) is 60.7 Å². The smallest absolute Gasteiger partial charge is 0.258 e. The molecule has 0 aromatic heterocycles. The Balaban J connectivity index is 1.52. The fourth-order valence-corrected chi connectivity index (χ4v) is 3.81. The van der Waals surface area contributed by atoms with Crippen LogP contribution in [0.4, 0.5) is 11.4 Å². The second kappa shape index (κ2) is 8.78. The van der Waals surface area contributed by atoms with Gasteiger partial charge in [-0.2, -0.15) is 0 Å². The summed E-state index contributed by atoms with van der Waals surface area (Å²) in [5, 5.41) is 8.61. The van der Waals surface area contributed by atoms with Crippen LogP contribution >= 0.6 is 23.8 Å². The Labute approximate surface area is 179 Å². The molecule has 3 aromatic rings. The molecule has 1 aliphatic rings. The van der Waals surface area contributed by atoms with Gasteiger partial charge in [0.15, 0.2) is 5.11 Å². The van der Waals surface area contributed by atoms with Crippen LogP contribution in [0.1, 0.15) is 10.4 Å². The van der Waals surface area contributed by atoms with Gasteiger partial charge in [-0.1, -0.05) is 48.0 Å². The predicted octanol–water partition coefficient (Wildman–Crippen LogP) is 4.46. The average Bonchev–Trinajstić information content (AvgIpc) is 2.74. The molecule has 1 heterocycles. The SMILES string of the molecule is O=C(NC(=S)Nc1cc(Cl)ccc1N1CCOCC1)c1cccc2ccccc12. The van der Waals surface area contributed by atoms with Crippen molar-refractivity contribution in [1.82, 2.24) is 5.32 Å². The first-order chi connectivity index (χ1) is 14.1. The number of nitrogens with zero attached hydrogens (tertiary/aromatic N) is 1. The number of fused-ring (bicyclic) bond motifs is 1. The van der Waals surface area contributed by atoms with Crippen molar-refractivity contribution in [1.29, 1.82) is 0 Å². The summed E-state index contributed by atoms with van der Waals surface area (Å²) in [6, 6.07) is 19.0. The molecule has 0 aliphatic carbocycles. The molecule has 5 nitrogen and oxygen atoms in total. The lowest BCUT2D eigenvalue weighted by Gasteiger charge is -2.30. The number of nitrogens with one attached hydrogen (secondary N) is 2. The minimum atomic E-state index is -0.255. The first kappa shape index (κ1) is 19.6. The molecule has 1 aliphatic heterocycles. The van der Waals surface area contributed by atoms with Gasteiger partial charge in [-0.3, -0.25) is 10.1 Å². The second-order valence-corrected chi connectivity index (χ2v) is 7.54. The topological polar surface area (TPSA) is 53.6 Å². The summed E-state index contributed by atoms with van der Waals surface area (Å²) < 4.78 is 5.43. The molecule has 1 amide bonds. The minimum absolute atomic E-state index is 0.222. The summed E-state index contributed by atoms with van der Waals surface area (Å²) in [7, 11) is 0. The fourth-order valence-electron chi connectivity index (χ4n) is 3.44. The lowest BCUT2D eigenvalue weighted by Crippen LogP contribution is -2.38. The van der Waals surface area contributed by atoms with Crippen LogP contribution in [0.5, 0.6) is 0 Å². The fraction of sp³-hybridized carbons (Fsp3) is 0.182. The lowest BCUT2D eigenvalue weighted by molar-refractivity contribution is 0.0979. The average molecular weight is 426 g/mol. The van der Waals surface area contributed by atoms with Gasteiger partial charge < -0.3 is 15.0 Å². The number of anilines is 2. The Kier molecular flexibility index (Phi) is 5.94. The summed E-state index contributed by atoms with van der Waals surface area (Å²) in [6.45, 7) is 2.91. The molecular weight excluding hydrogens is 406 g/mol. The van der Waals surface area contributed by atoms with E-state index in [1.807, 2.05) is 54.6 Å². The van der Waals surface area contributed by atoms with Gasteiger partial charge in [0.1, 0.15) is 0 Å². The Bertz CT molecular complexity index is 1060. The quantitative estimate of drug-likeness (QED) is 0.607. The summed E-state index contributed by atoms with van der Waals surface area (Å²) in [6.07, 6.45) is 0. The van der Waals surface area contributed by atoms with E-state index in [1.165, 1.54) is 0 Å². The molecule has 0 atom stereocenters. The third-order valence-corrected chi connectivity index (χ3v) is 5.26. The number of hydrogen-bond donors (Lipinski definition) is 2. The van der Waals surface area contributed by atoms with E-state index in [0.29, 0.717) is 23.8 Å². The van der Waals surface area contributed by atoms with E-state index in [1.54, 1.807) is 6.07 Å². The van der Waals surface area contributed by atoms with Gasteiger partial charge in [0, 0.05) is 23.7 Å². The van der Waals surface area contributed by atoms with E-state index in [9.17, 15) is 4.79 Å². The number of ether oxygens (including phenoxy) is 1. The van der Waals surface area contributed by atoms with Crippen molar-refractivity contribution in [2.24, 2.45) is 0 Å². The highest BCUT2D eigenvalue weighted by molar-refractivity contribution is 7.80. The van der Waals surface area contributed by atoms with E-state index >= 15 is 0 Å². The first-order valence-electron chi connectivity index (χ1n) is 9.34. The van der Waals surface area contributed by atoms with E-state index in [4.69, 9.17) is 28.6 Å². The van der Waals surface area contributed by atoms with Crippen LogP contribution in [-0.4, -0.2) is 37.3 Å². The summed E-state index contributed by atoms with van der Waals surface area (Å²) in [5.74, 6) is -0.255. The molecule has 148 valence electrons. The Morgan fingerprint density at radius 2 is 1.79 bits per heavy atom. The highest BCUT2D eigenvalue weighted by atomic mass is 35.5. The van der Waals surface area contributed by atoms with Crippen molar-refractivity contribution in [3.63, 3.8) is 0 Å². The number of carbonyl (C=O) groups is 1. The van der Waals surface area contributed by atoms with Crippen molar-refractivity contribution >= 4 is 57.0 Å². The number of halogens is 1. The molecule has 1 saturated heterocycles. The predicted molar refractivity (Wildman–Crippen MR) is 122 cm³/mol. The van der Waals surface area contributed by atoms with Crippen LogP contribution in [0.2, 0.25) is 5.02 Å². The van der Waals surface area contributed by atoms with Crippen molar-refractivity contribution in [3.8, 4) is 0 Å². The van der Waals surface area contributed by atoms with E-state index in [0.717, 1.165) is 35.2 Å². The van der Waals surface area contributed by atoms with Gasteiger partial charge in [0.2, 0.25) is 0 Å². The molecule has 3 aromatic carbocycles. The maximum Gasteiger partial charge on any atom is 0.258 e. The molecular formula is C22H20ClN3O2S. The molecule has 0 spiro atoms. The molecule has 7 heteroatoms. The number of hydrogen-bond acceptors (Lipinski definition) is 4. The van der Waals surface area contributed by atoms with Gasteiger partial charge in [-0.15, -0.1) is 0 Å². The number of benzene rings is 3. The first-order valence-corrected chi connectivity index (χ1v) is 10.1. The number of rotatable bonds is 3. The highest BCUT2D eigenvalue weighted by Gasteiger charge is 2.17. The summed E-state index contributed by atoms with van der Waals surface area (Å²) >= 11 is 11.6. The summed E-state index contributed by atoms with van der Waals surface area (Å²) in [5.41, 5.74) is 2.30. The Hall–Kier alpha value is -2.67. The zero-order chi connectivity index (χ0) is 20.2. The maximum absolute atomic E-state index is 12.8. The number of amides is 1. The van der Waals surface area contributed by atoms with Crippen LogP contribution < -0.4 is 15.5 Å². The standard InChI is InChI=1S/C22H20ClN3O2S/c23-16-8-9-20(26-10-12-28-13-11-26)19(14-16)24-22(29)25-21(27)18-7-3-5-15-4-1-2-6-17(15)18/h1-9,14H,10-13H2,(H2,24,25,27,29). The minimum Gasteiger partial charge on any atom is -0.378 e. The summed E-state index contributed by atoms with van der Waals surface area (Å²) in [4.78, 5) is 15.0. The zero-order valence-corrected chi connectivity index (χ0v) is 17.2. The highest BCUT2D eigenvalue weighted by Crippen LogP contribution is 2.30. The van der Waals surface area contributed by atoms with Crippen molar-refractivity contribution in [3.05, 3.63) is 71.2 Å². The van der Waals surface area contributed by atoms with Gasteiger partial charge in [0.05, 0.1) is 24.6 Å². The molecule has 0 radical (unpaired) electrons. The van der Waals surface area contributed by atoms with Gasteiger partial charge in [-0.25, -0.2) is 0 Å². The zero-order valence-electron chi connectivity index (χ0n) is 15.7. The van der Waals surface area contributed by atoms with Crippen molar-refractivity contribution in [2.45, 2.75) is 0 Å². The van der Waals surface area contributed by atoms with Crippen molar-refractivity contribution in [2.75, 3.05) is 36.5 Å². The molecule has 29 heavy (non-hydrogen) atoms. The van der Waals surface area contributed by atoms with Gasteiger partial charge in [-0.05, 0) is 47.3 Å². The number of carbonyl (C=O) groups excluding carboxylic acids is 1. The third-order valence-electron chi connectivity index (χ3n) is 4.82. The van der Waals surface area contributed by atoms with Gasteiger partial charge >= 0.3 is 0 Å². The monoisotopic (exact) mass is 425 g/mol. The molecule has 4 rings (SSSR count). The maximum atomic E-state index is 12.8. The van der Waals surface area contributed by atoms with Crippen LogP contribution in [0.25, 0.3) is 10.8 Å².